The van der Waals surface area contributed by atoms with E-state index in [0.29, 0.717) is 18.2 Å². The van der Waals surface area contributed by atoms with Crippen LogP contribution in [-0.2, 0) is 9.47 Å². The molecule has 0 aromatic heterocycles. The molecule has 1 N–H and O–H groups in total. The Labute approximate surface area is 120 Å². The molecule has 3 atom stereocenters. The van der Waals surface area contributed by atoms with Crippen molar-refractivity contribution in [3.8, 4) is 0 Å². The fourth-order valence-electron chi connectivity index (χ4n) is 2.30. The Morgan fingerprint density at radius 1 is 1.35 bits per heavy atom. The first-order valence-electron chi connectivity index (χ1n) is 6.64. The summed E-state index contributed by atoms with van der Waals surface area (Å²) in [5.41, 5.74) is -1.05. The van der Waals surface area contributed by atoms with Gasteiger partial charge in [-0.15, -0.1) is 13.2 Å². The molecule has 0 amide bonds. The summed E-state index contributed by atoms with van der Waals surface area (Å²) < 4.78 is 10.7. The van der Waals surface area contributed by atoms with E-state index in [-0.39, 0.29) is 12.0 Å². The quantitative estimate of drug-likeness (QED) is 0.783. The molecule has 0 aliphatic carbocycles. The van der Waals surface area contributed by atoms with Crippen molar-refractivity contribution in [3.63, 3.8) is 0 Å². The molecule has 0 saturated heterocycles. The number of aliphatic imine (C=N–C) groups is 2. The van der Waals surface area contributed by atoms with Gasteiger partial charge in [-0.1, -0.05) is 26.0 Å². The van der Waals surface area contributed by atoms with Gasteiger partial charge in [-0.05, 0) is 5.92 Å². The lowest BCUT2D eigenvalue weighted by Crippen LogP contribution is -2.53. The second-order valence-electron chi connectivity index (χ2n) is 5.08. The maximum Gasteiger partial charge on any atom is 0.216 e. The topological polar surface area (TPSA) is 63.4 Å². The molecule has 1 aliphatic rings. The van der Waals surface area contributed by atoms with Gasteiger partial charge < -0.3 is 14.6 Å². The molecule has 20 heavy (non-hydrogen) atoms. The van der Waals surface area contributed by atoms with Gasteiger partial charge in [0.15, 0.2) is 5.54 Å². The first-order valence-corrected chi connectivity index (χ1v) is 6.64. The SMILES string of the molecule is C=CC[C@@]1([C@H](O)C=C)N=C(OC)[C@@H](C(C)C)N=C1OC. The molecule has 1 aliphatic heterocycles. The van der Waals surface area contributed by atoms with Crippen LogP contribution in [0.2, 0.25) is 0 Å². The molecule has 0 unspecified atom stereocenters. The van der Waals surface area contributed by atoms with Crippen molar-refractivity contribution in [2.75, 3.05) is 14.2 Å². The number of hydrogen-bond acceptors (Lipinski definition) is 5. The van der Waals surface area contributed by atoms with E-state index in [1.165, 1.54) is 13.2 Å². The van der Waals surface area contributed by atoms with E-state index in [4.69, 9.17) is 9.47 Å². The van der Waals surface area contributed by atoms with Gasteiger partial charge in [-0.2, -0.15) is 0 Å². The van der Waals surface area contributed by atoms with Crippen LogP contribution in [0.1, 0.15) is 20.3 Å². The Hall–Kier alpha value is -1.62. The minimum atomic E-state index is -1.05. The first kappa shape index (κ1) is 16.4. The minimum Gasteiger partial charge on any atom is -0.483 e. The van der Waals surface area contributed by atoms with Crippen LogP contribution < -0.4 is 0 Å². The van der Waals surface area contributed by atoms with Crippen molar-refractivity contribution in [2.45, 2.75) is 38.0 Å². The molecule has 1 rings (SSSR count). The van der Waals surface area contributed by atoms with E-state index in [2.05, 4.69) is 23.1 Å². The van der Waals surface area contributed by atoms with Crippen molar-refractivity contribution in [1.29, 1.82) is 0 Å². The van der Waals surface area contributed by atoms with Gasteiger partial charge in [0.2, 0.25) is 11.8 Å². The van der Waals surface area contributed by atoms with Gasteiger partial charge >= 0.3 is 0 Å². The summed E-state index contributed by atoms with van der Waals surface area (Å²) >= 11 is 0. The van der Waals surface area contributed by atoms with E-state index < -0.39 is 11.6 Å². The van der Waals surface area contributed by atoms with Crippen molar-refractivity contribution >= 4 is 11.8 Å². The van der Waals surface area contributed by atoms with Crippen molar-refractivity contribution in [2.24, 2.45) is 15.9 Å². The maximum atomic E-state index is 10.3. The van der Waals surface area contributed by atoms with Gasteiger partial charge in [-0.3, -0.25) is 0 Å². The van der Waals surface area contributed by atoms with E-state index >= 15 is 0 Å². The highest BCUT2D eigenvalue weighted by atomic mass is 16.5. The summed E-state index contributed by atoms with van der Waals surface area (Å²) in [5, 5.41) is 10.3. The first-order chi connectivity index (χ1) is 9.46. The van der Waals surface area contributed by atoms with Crippen LogP contribution in [0.15, 0.2) is 35.3 Å². The molecule has 0 radical (unpaired) electrons. The van der Waals surface area contributed by atoms with Crippen LogP contribution in [0.5, 0.6) is 0 Å². The lowest BCUT2D eigenvalue weighted by Gasteiger charge is -2.37. The molecule has 1 heterocycles. The number of nitrogens with zero attached hydrogens (tertiary/aromatic N) is 2. The van der Waals surface area contributed by atoms with Gasteiger partial charge in [0, 0.05) is 6.42 Å². The Bertz CT molecular complexity index is 429. The molecular weight excluding hydrogens is 256 g/mol. The van der Waals surface area contributed by atoms with Gasteiger partial charge in [-0.25, -0.2) is 9.98 Å². The summed E-state index contributed by atoms with van der Waals surface area (Å²) in [6.45, 7) is 11.4. The zero-order valence-electron chi connectivity index (χ0n) is 12.7. The zero-order valence-corrected chi connectivity index (χ0v) is 12.7. The largest absolute Gasteiger partial charge is 0.483 e. The van der Waals surface area contributed by atoms with E-state index in [1.54, 1.807) is 13.2 Å². The normalized spacial score (nSPS) is 27.4. The Balaban J connectivity index is 3.41. The predicted octanol–water partition coefficient (Wildman–Crippen LogP) is 1.98. The lowest BCUT2D eigenvalue weighted by atomic mass is 9.86. The highest BCUT2D eigenvalue weighted by Gasteiger charge is 2.47. The van der Waals surface area contributed by atoms with Crippen LogP contribution in [-0.4, -0.2) is 48.8 Å². The van der Waals surface area contributed by atoms with Gasteiger partial charge in [0.05, 0.1) is 14.2 Å². The zero-order chi connectivity index (χ0) is 15.3. The van der Waals surface area contributed by atoms with Crippen LogP contribution in [0, 0.1) is 5.92 Å². The third-order valence-corrected chi connectivity index (χ3v) is 3.39. The molecule has 5 heteroatoms. The smallest absolute Gasteiger partial charge is 0.216 e. The van der Waals surface area contributed by atoms with Crippen molar-refractivity contribution in [1.82, 2.24) is 0 Å². The van der Waals surface area contributed by atoms with Crippen LogP contribution >= 0.6 is 0 Å². The predicted molar refractivity (Wildman–Crippen MR) is 81.3 cm³/mol. The number of ether oxygens (including phenoxy) is 2. The Morgan fingerprint density at radius 2 is 2.00 bits per heavy atom. The number of aliphatic hydroxyl groups excluding tert-OH is 1. The van der Waals surface area contributed by atoms with Crippen molar-refractivity contribution in [3.05, 3.63) is 25.3 Å². The van der Waals surface area contributed by atoms with E-state index in [0.717, 1.165) is 0 Å². The monoisotopic (exact) mass is 280 g/mol. The molecule has 0 spiro atoms. The average Bonchev–Trinajstić information content (AvgIpc) is 2.45. The molecule has 0 fully saturated rings. The number of methoxy groups -OCH3 is 2. The van der Waals surface area contributed by atoms with Crippen LogP contribution in [0.25, 0.3) is 0 Å². The second kappa shape index (κ2) is 6.70. The third kappa shape index (κ3) is 2.77. The summed E-state index contributed by atoms with van der Waals surface area (Å²) in [6.07, 6.45) is 2.54. The molecule has 112 valence electrons. The Kier molecular flexibility index (Phi) is 5.51. The van der Waals surface area contributed by atoms with Crippen molar-refractivity contribution < 1.29 is 14.6 Å². The van der Waals surface area contributed by atoms with Crippen LogP contribution in [0.3, 0.4) is 0 Å². The standard InChI is InChI=1S/C15H24N2O3/c1-7-9-15(11(18)8-2)14(20-6)16-12(10(3)4)13(17-15)19-5/h7-8,10-12,18H,1-2,9H2,3-6H3/t11-,12-,15+/m1/s1. The van der Waals surface area contributed by atoms with Crippen LogP contribution in [0.4, 0.5) is 0 Å². The minimum absolute atomic E-state index is 0.210. The lowest BCUT2D eigenvalue weighted by molar-refractivity contribution is 0.144. The molecule has 0 aromatic rings. The molecule has 0 saturated carbocycles. The number of rotatable bonds is 5. The Morgan fingerprint density at radius 3 is 2.40 bits per heavy atom. The maximum absolute atomic E-state index is 10.3. The molecule has 0 bridgehead atoms. The summed E-state index contributed by atoms with van der Waals surface area (Å²) in [4.78, 5) is 9.17. The van der Waals surface area contributed by atoms with Gasteiger partial charge in [0.1, 0.15) is 12.1 Å². The summed E-state index contributed by atoms with van der Waals surface area (Å²) in [7, 11) is 3.08. The molecule has 0 aromatic carbocycles. The fraction of sp³-hybridized carbons (Fsp3) is 0.600. The molecule has 5 nitrogen and oxygen atoms in total. The second-order valence-corrected chi connectivity index (χ2v) is 5.08. The summed E-state index contributed by atoms with van der Waals surface area (Å²) in [5.74, 6) is 1.08. The number of hydrogen-bond donors (Lipinski definition) is 1. The molecular formula is C15H24N2O3. The van der Waals surface area contributed by atoms with E-state index in [1.807, 2.05) is 13.8 Å². The van der Waals surface area contributed by atoms with Gasteiger partial charge in [0.25, 0.3) is 0 Å². The average molecular weight is 280 g/mol. The summed E-state index contributed by atoms with van der Waals surface area (Å²) in [6, 6.07) is -0.218. The highest BCUT2D eigenvalue weighted by molar-refractivity contribution is 5.97. The highest BCUT2D eigenvalue weighted by Crippen LogP contribution is 2.31. The number of aliphatic hydroxyl groups is 1. The van der Waals surface area contributed by atoms with E-state index in [9.17, 15) is 5.11 Å². The fourth-order valence-corrected chi connectivity index (χ4v) is 2.30. The third-order valence-electron chi connectivity index (χ3n) is 3.39.